The van der Waals surface area contributed by atoms with Gasteiger partial charge >= 0.3 is 0 Å². The highest BCUT2D eigenvalue weighted by molar-refractivity contribution is 5.95. The molecule has 5 nitrogen and oxygen atoms in total. The van der Waals surface area contributed by atoms with Crippen LogP contribution in [0.4, 0.5) is 4.39 Å². The third-order valence-corrected chi connectivity index (χ3v) is 4.83. The van der Waals surface area contributed by atoms with Gasteiger partial charge in [-0.1, -0.05) is 18.2 Å². The van der Waals surface area contributed by atoms with Crippen molar-refractivity contribution in [1.82, 2.24) is 15.1 Å². The minimum absolute atomic E-state index is 0.0118. The van der Waals surface area contributed by atoms with Gasteiger partial charge in [0.15, 0.2) is 0 Å². The summed E-state index contributed by atoms with van der Waals surface area (Å²) in [4.78, 5) is 12.6. The van der Waals surface area contributed by atoms with Gasteiger partial charge in [0.2, 0.25) is 0 Å². The van der Waals surface area contributed by atoms with E-state index in [-0.39, 0.29) is 29.6 Å². The zero-order valence-electron chi connectivity index (χ0n) is 13.5. The topological polar surface area (TPSA) is 56.2 Å². The van der Waals surface area contributed by atoms with E-state index in [1.807, 2.05) is 13.1 Å². The molecule has 0 spiro atoms. The van der Waals surface area contributed by atoms with Crippen LogP contribution in [-0.4, -0.2) is 34.9 Å². The molecule has 126 valence electrons. The molecule has 24 heavy (non-hydrogen) atoms. The van der Waals surface area contributed by atoms with Crippen LogP contribution in [0.5, 0.6) is 0 Å². The van der Waals surface area contributed by atoms with Crippen molar-refractivity contribution in [3.63, 3.8) is 0 Å². The van der Waals surface area contributed by atoms with Gasteiger partial charge in [0.05, 0.1) is 17.9 Å². The Morgan fingerprint density at radius 1 is 1.42 bits per heavy atom. The number of carbonyl (C=O) groups is 1. The standard InChI is InChI=1S/C18H20FN3O2/c1-22-9-14(17(21-22)11-6-7-24-10-11)18(23)20-16-8-13(16)12-4-2-3-5-15(12)19/h2-5,9,11,13,16H,6-8,10H2,1H3,(H,20,23)/t11-,13-,16-/m1/s1. The zero-order chi connectivity index (χ0) is 16.7. The van der Waals surface area contributed by atoms with Gasteiger partial charge in [0, 0.05) is 37.7 Å². The molecule has 1 aliphatic carbocycles. The summed E-state index contributed by atoms with van der Waals surface area (Å²) in [6.07, 6.45) is 3.41. The van der Waals surface area contributed by atoms with E-state index in [0.29, 0.717) is 24.3 Å². The molecule has 2 heterocycles. The number of halogens is 1. The molecule has 2 fully saturated rings. The van der Waals surface area contributed by atoms with Crippen molar-refractivity contribution in [2.24, 2.45) is 7.05 Å². The van der Waals surface area contributed by atoms with Gasteiger partial charge in [-0.15, -0.1) is 0 Å². The molecule has 4 rings (SSSR count). The lowest BCUT2D eigenvalue weighted by Gasteiger charge is -2.08. The predicted molar refractivity (Wildman–Crippen MR) is 86.4 cm³/mol. The maximum absolute atomic E-state index is 13.8. The van der Waals surface area contributed by atoms with Crippen LogP contribution in [0.1, 0.15) is 46.3 Å². The number of hydrogen-bond acceptors (Lipinski definition) is 3. The maximum Gasteiger partial charge on any atom is 0.255 e. The van der Waals surface area contributed by atoms with E-state index in [0.717, 1.165) is 18.5 Å². The lowest BCUT2D eigenvalue weighted by Crippen LogP contribution is -2.27. The van der Waals surface area contributed by atoms with Crippen molar-refractivity contribution in [3.8, 4) is 0 Å². The lowest BCUT2D eigenvalue weighted by atomic mass is 10.0. The van der Waals surface area contributed by atoms with Crippen molar-refractivity contribution in [2.45, 2.75) is 30.7 Å². The van der Waals surface area contributed by atoms with E-state index in [1.54, 1.807) is 23.0 Å². The first-order valence-electron chi connectivity index (χ1n) is 8.30. The fourth-order valence-electron chi connectivity index (χ4n) is 3.45. The predicted octanol–water partition coefficient (Wildman–Crippen LogP) is 2.35. The third kappa shape index (κ3) is 2.82. The van der Waals surface area contributed by atoms with Gasteiger partial charge in [-0.05, 0) is 24.5 Å². The van der Waals surface area contributed by atoms with Crippen molar-refractivity contribution in [3.05, 3.63) is 53.1 Å². The van der Waals surface area contributed by atoms with E-state index in [9.17, 15) is 9.18 Å². The van der Waals surface area contributed by atoms with Gasteiger partial charge in [-0.25, -0.2) is 4.39 Å². The fourth-order valence-corrected chi connectivity index (χ4v) is 3.45. The van der Waals surface area contributed by atoms with Gasteiger partial charge in [0.25, 0.3) is 5.91 Å². The largest absolute Gasteiger partial charge is 0.381 e. The molecule has 2 aliphatic rings. The van der Waals surface area contributed by atoms with Crippen LogP contribution in [0, 0.1) is 5.82 Å². The van der Waals surface area contributed by atoms with E-state index in [4.69, 9.17) is 4.74 Å². The molecule has 1 N–H and O–H groups in total. The molecule has 2 aromatic rings. The second kappa shape index (κ2) is 6.02. The summed E-state index contributed by atoms with van der Waals surface area (Å²) in [6.45, 7) is 1.32. The molecule has 3 atom stereocenters. The van der Waals surface area contributed by atoms with E-state index in [1.165, 1.54) is 6.07 Å². The number of benzene rings is 1. The average Bonchev–Trinajstić information content (AvgIpc) is 2.98. The summed E-state index contributed by atoms with van der Waals surface area (Å²) in [7, 11) is 1.81. The van der Waals surface area contributed by atoms with Gasteiger partial charge < -0.3 is 10.1 Å². The molecule has 1 aromatic carbocycles. The Morgan fingerprint density at radius 3 is 3.00 bits per heavy atom. The number of rotatable bonds is 4. The first kappa shape index (κ1) is 15.3. The number of nitrogens with one attached hydrogen (secondary N) is 1. The zero-order valence-corrected chi connectivity index (χ0v) is 13.5. The highest BCUT2D eigenvalue weighted by Gasteiger charge is 2.41. The molecule has 1 saturated carbocycles. The molecular formula is C18H20FN3O2. The quantitative estimate of drug-likeness (QED) is 0.937. The first-order valence-corrected chi connectivity index (χ1v) is 8.30. The van der Waals surface area contributed by atoms with Crippen molar-refractivity contribution in [1.29, 1.82) is 0 Å². The summed E-state index contributed by atoms with van der Waals surface area (Å²) in [5, 5.41) is 7.47. The van der Waals surface area contributed by atoms with Crippen molar-refractivity contribution >= 4 is 5.91 Å². The van der Waals surface area contributed by atoms with Gasteiger partial charge in [-0.2, -0.15) is 5.10 Å². The van der Waals surface area contributed by atoms with Crippen LogP contribution in [0.2, 0.25) is 0 Å². The van der Waals surface area contributed by atoms with E-state index < -0.39 is 0 Å². The average molecular weight is 329 g/mol. The molecule has 0 unspecified atom stereocenters. The van der Waals surface area contributed by atoms with Gasteiger partial charge in [0.1, 0.15) is 5.82 Å². The molecule has 0 radical (unpaired) electrons. The summed E-state index contributed by atoms with van der Waals surface area (Å²) >= 11 is 0. The minimum atomic E-state index is -0.204. The maximum atomic E-state index is 13.8. The number of nitrogens with zero attached hydrogens (tertiary/aromatic N) is 2. The third-order valence-electron chi connectivity index (χ3n) is 4.83. The molecule has 1 aliphatic heterocycles. The normalized spacial score (nSPS) is 25.7. The Labute approximate surface area is 139 Å². The van der Waals surface area contributed by atoms with Crippen LogP contribution >= 0.6 is 0 Å². The number of ether oxygens (including phenoxy) is 1. The van der Waals surface area contributed by atoms with E-state index >= 15 is 0 Å². The van der Waals surface area contributed by atoms with E-state index in [2.05, 4.69) is 10.4 Å². The Bertz CT molecular complexity index is 767. The van der Waals surface area contributed by atoms with Crippen LogP contribution in [0.15, 0.2) is 30.5 Å². The highest BCUT2D eigenvalue weighted by atomic mass is 19.1. The molecule has 6 heteroatoms. The molecule has 1 aromatic heterocycles. The highest BCUT2D eigenvalue weighted by Crippen LogP contribution is 2.42. The number of amides is 1. The van der Waals surface area contributed by atoms with Crippen LogP contribution in [0.25, 0.3) is 0 Å². The lowest BCUT2D eigenvalue weighted by molar-refractivity contribution is 0.0948. The molecular weight excluding hydrogens is 309 g/mol. The summed E-state index contributed by atoms with van der Waals surface area (Å²) in [6, 6.07) is 6.75. The second-order valence-corrected chi connectivity index (χ2v) is 6.61. The number of hydrogen-bond donors (Lipinski definition) is 1. The Kier molecular flexibility index (Phi) is 3.84. The Hall–Kier alpha value is -2.21. The number of aryl methyl sites for hydroxylation is 1. The Morgan fingerprint density at radius 2 is 2.25 bits per heavy atom. The number of aromatic nitrogens is 2. The molecule has 1 saturated heterocycles. The first-order chi connectivity index (χ1) is 11.6. The SMILES string of the molecule is Cn1cc(C(=O)N[C@@H]2C[C@@H]2c2ccccc2F)c([C@@H]2CCOC2)n1. The summed E-state index contributed by atoms with van der Waals surface area (Å²) in [5.41, 5.74) is 2.08. The summed E-state index contributed by atoms with van der Waals surface area (Å²) in [5.74, 6) is -0.100. The minimum Gasteiger partial charge on any atom is -0.381 e. The second-order valence-electron chi connectivity index (χ2n) is 6.61. The smallest absolute Gasteiger partial charge is 0.255 e. The van der Waals surface area contributed by atoms with Crippen LogP contribution < -0.4 is 5.32 Å². The van der Waals surface area contributed by atoms with Crippen molar-refractivity contribution in [2.75, 3.05) is 13.2 Å². The molecule has 1 amide bonds. The fraction of sp³-hybridized carbons (Fsp3) is 0.444. The van der Waals surface area contributed by atoms with Gasteiger partial charge in [-0.3, -0.25) is 9.48 Å². The van der Waals surface area contributed by atoms with Crippen LogP contribution in [-0.2, 0) is 11.8 Å². The monoisotopic (exact) mass is 329 g/mol. The van der Waals surface area contributed by atoms with Crippen molar-refractivity contribution < 1.29 is 13.9 Å². The van der Waals surface area contributed by atoms with Crippen LogP contribution in [0.3, 0.4) is 0 Å². The summed E-state index contributed by atoms with van der Waals surface area (Å²) < 4.78 is 20.9. The molecule has 0 bridgehead atoms. The number of carbonyl (C=O) groups excluding carboxylic acids is 1. The Balaban J connectivity index is 1.47.